The van der Waals surface area contributed by atoms with Crippen LogP contribution in [0.25, 0.3) is 17.0 Å². The first-order chi connectivity index (χ1) is 16.5. The van der Waals surface area contributed by atoms with Gasteiger partial charge >= 0.3 is 0 Å². The maximum absolute atomic E-state index is 12.8. The summed E-state index contributed by atoms with van der Waals surface area (Å²) in [5.74, 6) is 0.532. The summed E-state index contributed by atoms with van der Waals surface area (Å²) in [7, 11) is 1.54. The molecule has 2 aliphatic rings. The van der Waals surface area contributed by atoms with Crippen LogP contribution < -0.4 is 14.8 Å². The third kappa shape index (κ3) is 4.13. The molecule has 1 aromatic heterocycles. The second kappa shape index (κ2) is 9.24. The molecule has 0 atom stereocenters. The van der Waals surface area contributed by atoms with Crippen LogP contribution in [0.3, 0.4) is 0 Å². The number of rotatable bonds is 7. The Kier molecular flexibility index (Phi) is 5.99. The number of benzene rings is 2. The van der Waals surface area contributed by atoms with Gasteiger partial charge in [-0.05, 0) is 41.6 Å². The number of para-hydroxylation sites is 1. The van der Waals surface area contributed by atoms with Crippen molar-refractivity contribution in [2.24, 2.45) is 0 Å². The number of nitrogens with zero attached hydrogens (tertiary/aromatic N) is 1. The van der Waals surface area contributed by atoms with Crippen molar-refractivity contribution in [3.05, 3.63) is 64.3 Å². The molecule has 3 aromatic rings. The molecule has 0 spiro atoms. The number of carbonyl (C=O) groups excluding carboxylic acids is 3. The molecule has 2 aliphatic heterocycles. The Balaban J connectivity index is 1.24. The number of thioether (sulfide) groups is 1. The molecule has 0 radical (unpaired) electrons. The number of fused-ring (bicyclic) bond motifs is 2. The molecule has 0 aliphatic carbocycles. The number of hydrogen-bond donors (Lipinski definition) is 1. The maximum Gasteiger partial charge on any atom is 0.293 e. The van der Waals surface area contributed by atoms with Crippen LogP contribution in [0.1, 0.15) is 21.7 Å². The molecule has 0 saturated carbocycles. The molecule has 3 amide bonds. The van der Waals surface area contributed by atoms with Crippen LogP contribution in [0, 0.1) is 0 Å². The summed E-state index contributed by atoms with van der Waals surface area (Å²) in [5.41, 5.74) is 1.95. The molecule has 10 heteroatoms. The molecule has 1 saturated heterocycles. The van der Waals surface area contributed by atoms with Gasteiger partial charge in [0.25, 0.3) is 17.1 Å². The Labute approximate surface area is 198 Å². The van der Waals surface area contributed by atoms with Gasteiger partial charge in [0.05, 0.1) is 11.5 Å². The number of carbonyl (C=O) groups is 3. The molecule has 1 fully saturated rings. The van der Waals surface area contributed by atoms with Crippen LogP contribution in [0.5, 0.6) is 11.5 Å². The fraction of sp³-hybridized carbons (Fsp3) is 0.208. The van der Waals surface area contributed by atoms with E-state index in [9.17, 15) is 14.4 Å². The van der Waals surface area contributed by atoms with Gasteiger partial charge in [-0.15, -0.1) is 0 Å². The fourth-order valence-corrected chi connectivity index (χ4v) is 4.64. The van der Waals surface area contributed by atoms with Crippen molar-refractivity contribution in [2.75, 3.05) is 27.0 Å². The number of ether oxygens (including phenoxy) is 3. The number of imide groups is 1. The molecule has 0 bridgehead atoms. The standard InChI is InChI=1S/C24H20N2O7S/c1-30-12-16-15-4-2-3-5-17(15)33-21(16)22(27)25-8-9-26-23(28)20(34-24(26)29)11-14-6-7-18-19(10-14)32-13-31-18/h2-7,10-11H,8-9,12-13H2,1H3,(H,25,27)/b20-11+. The van der Waals surface area contributed by atoms with E-state index < -0.39 is 17.1 Å². The molecular formula is C24H20N2O7S. The van der Waals surface area contributed by atoms with Crippen LogP contribution in [0.2, 0.25) is 0 Å². The number of methoxy groups -OCH3 is 1. The van der Waals surface area contributed by atoms with Crippen molar-refractivity contribution in [3.8, 4) is 11.5 Å². The van der Waals surface area contributed by atoms with Crippen molar-refractivity contribution in [2.45, 2.75) is 6.61 Å². The Morgan fingerprint density at radius 3 is 2.85 bits per heavy atom. The zero-order chi connectivity index (χ0) is 23.7. The lowest BCUT2D eigenvalue weighted by atomic mass is 10.1. The lowest BCUT2D eigenvalue weighted by Gasteiger charge is -2.12. The van der Waals surface area contributed by atoms with Gasteiger partial charge in [0.1, 0.15) is 5.58 Å². The molecule has 5 rings (SSSR count). The quantitative estimate of drug-likeness (QED) is 0.509. The van der Waals surface area contributed by atoms with Crippen molar-refractivity contribution >= 4 is 45.9 Å². The second-order valence-corrected chi connectivity index (χ2v) is 8.53. The minimum Gasteiger partial charge on any atom is -0.454 e. The predicted octanol–water partition coefficient (Wildman–Crippen LogP) is 3.77. The average molecular weight is 480 g/mol. The van der Waals surface area contributed by atoms with E-state index in [1.54, 1.807) is 37.5 Å². The summed E-state index contributed by atoms with van der Waals surface area (Å²) in [6.07, 6.45) is 1.64. The highest BCUT2D eigenvalue weighted by molar-refractivity contribution is 8.18. The number of hydrogen-bond acceptors (Lipinski definition) is 8. The topological polar surface area (TPSA) is 107 Å². The minimum absolute atomic E-state index is 0.0364. The monoisotopic (exact) mass is 480 g/mol. The van der Waals surface area contributed by atoms with E-state index >= 15 is 0 Å². The van der Waals surface area contributed by atoms with Gasteiger partial charge in [-0.3, -0.25) is 19.3 Å². The number of amides is 3. The Hall–Kier alpha value is -3.76. The second-order valence-electron chi connectivity index (χ2n) is 7.54. The molecule has 34 heavy (non-hydrogen) atoms. The van der Waals surface area contributed by atoms with E-state index in [2.05, 4.69) is 5.32 Å². The first kappa shape index (κ1) is 22.1. The van der Waals surface area contributed by atoms with Crippen LogP contribution >= 0.6 is 11.8 Å². The smallest absolute Gasteiger partial charge is 0.293 e. The van der Waals surface area contributed by atoms with Gasteiger partial charge in [0.2, 0.25) is 6.79 Å². The van der Waals surface area contributed by atoms with Gasteiger partial charge in [-0.25, -0.2) is 0 Å². The molecule has 2 aromatic carbocycles. The SMILES string of the molecule is COCc1c(C(=O)NCCN2C(=O)S/C(=C/c3ccc4c(c3)OCO4)C2=O)oc2ccccc12. The van der Waals surface area contributed by atoms with Crippen molar-refractivity contribution in [3.63, 3.8) is 0 Å². The van der Waals surface area contributed by atoms with E-state index in [0.29, 0.717) is 27.6 Å². The minimum atomic E-state index is -0.439. The Bertz CT molecular complexity index is 1330. The fourth-order valence-electron chi connectivity index (χ4n) is 3.78. The summed E-state index contributed by atoms with van der Waals surface area (Å²) in [6, 6.07) is 12.6. The van der Waals surface area contributed by atoms with E-state index in [0.717, 1.165) is 27.6 Å². The molecule has 1 N–H and O–H groups in total. The number of furan rings is 1. The zero-order valence-electron chi connectivity index (χ0n) is 18.2. The normalized spacial score (nSPS) is 16.1. The Morgan fingerprint density at radius 1 is 1.18 bits per heavy atom. The van der Waals surface area contributed by atoms with Gasteiger partial charge in [0, 0.05) is 31.1 Å². The van der Waals surface area contributed by atoms with Gasteiger partial charge in [0.15, 0.2) is 17.3 Å². The highest BCUT2D eigenvalue weighted by Crippen LogP contribution is 2.36. The summed E-state index contributed by atoms with van der Waals surface area (Å²) < 4.78 is 21.6. The van der Waals surface area contributed by atoms with Crippen molar-refractivity contribution < 1.29 is 33.0 Å². The maximum atomic E-state index is 12.8. The third-order valence-electron chi connectivity index (χ3n) is 5.38. The highest BCUT2D eigenvalue weighted by Gasteiger charge is 2.35. The van der Waals surface area contributed by atoms with Crippen LogP contribution in [0.15, 0.2) is 51.8 Å². The molecule has 3 heterocycles. The zero-order valence-corrected chi connectivity index (χ0v) is 19.0. The molecule has 0 unspecified atom stereocenters. The van der Waals surface area contributed by atoms with E-state index in [1.807, 2.05) is 18.2 Å². The highest BCUT2D eigenvalue weighted by atomic mass is 32.2. The average Bonchev–Trinajstić information content (AvgIpc) is 3.52. The first-order valence-corrected chi connectivity index (χ1v) is 11.3. The van der Waals surface area contributed by atoms with Crippen LogP contribution in [0.4, 0.5) is 4.79 Å². The van der Waals surface area contributed by atoms with E-state index in [1.165, 1.54) is 0 Å². The summed E-state index contributed by atoms with van der Waals surface area (Å²) >= 11 is 0.856. The predicted molar refractivity (Wildman–Crippen MR) is 125 cm³/mol. The lowest BCUT2D eigenvalue weighted by molar-refractivity contribution is -0.122. The lowest BCUT2D eigenvalue weighted by Crippen LogP contribution is -2.37. The molecule has 9 nitrogen and oxygen atoms in total. The van der Waals surface area contributed by atoms with Gasteiger partial charge < -0.3 is 23.9 Å². The summed E-state index contributed by atoms with van der Waals surface area (Å²) in [5, 5.41) is 3.13. The van der Waals surface area contributed by atoms with Crippen molar-refractivity contribution in [1.82, 2.24) is 10.2 Å². The van der Waals surface area contributed by atoms with Crippen LogP contribution in [-0.2, 0) is 16.1 Å². The van der Waals surface area contributed by atoms with E-state index in [4.69, 9.17) is 18.6 Å². The summed E-state index contributed by atoms with van der Waals surface area (Å²) in [4.78, 5) is 39.3. The van der Waals surface area contributed by atoms with Gasteiger partial charge in [-0.2, -0.15) is 0 Å². The van der Waals surface area contributed by atoms with Crippen LogP contribution in [-0.4, -0.2) is 48.9 Å². The first-order valence-electron chi connectivity index (χ1n) is 10.5. The largest absolute Gasteiger partial charge is 0.454 e. The van der Waals surface area contributed by atoms with Crippen molar-refractivity contribution in [1.29, 1.82) is 0 Å². The Morgan fingerprint density at radius 2 is 2.00 bits per heavy atom. The molecular weight excluding hydrogens is 460 g/mol. The summed E-state index contributed by atoms with van der Waals surface area (Å²) in [6.45, 7) is 0.488. The molecule has 174 valence electrons. The van der Waals surface area contributed by atoms with Gasteiger partial charge in [-0.1, -0.05) is 24.3 Å². The number of nitrogens with one attached hydrogen (secondary N) is 1. The third-order valence-corrected chi connectivity index (χ3v) is 6.29. The van der Waals surface area contributed by atoms with E-state index in [-0.39, 0.29) is 32.2 Å².